The summed E-state index contributed by atoms with van der Waals surface area (Å²) in [4.78, 5) is 4.32. The fraction of sp³-hybridized carbons (Fsp3) is 1.00. The third-order valence-corrected chi connectivity index (χ3v) is 3.19. The van der Waals surface area contributed by atoms with Crippen LogP contribution in [0.5, 0.6) is 0 Å². The predicted octanol–water partition coefficient (Wildman–Crippen LogP) is 2.71. The second-order valence-corrected chi connectivity index (χ2v) is 5.37. The molecule has 0 atom stereocenters. The monoisotopic (exact) mass is 306 g/mol. The van der Waals surface area contributed by atoms with E-state index < -0.39 is 10.4 Å². The summed E-state index contributed by atoms with van der Waals surface area (Å²) in [7, 11) is -3.97. The minimum absolute atomic E-state index is 0. The Morgan fingerprint density at radius 3 is 1.89 bits per heavy atom. The minimum atomic E-state index is -3.97. The van der Waals surface area contributed by atoms with Crippen molar-refractivity contribution in [1.82, 2.24) is 0 Å². The van der Waals surface area contributed by atoms with Crippen LogP contribution in [0.2, 0.25) is 0 Å². The molecule has 0 N–H and O–H groups in total. The van der Waals surface area contributed by atoms with Gasteiger partial charge in [0.2, 0.25) is 0 Å². The molecule has 0 aliphatic carbocycles. The third-order valence-electron chi connectivity index (χ3n) is 2.47. The van der Waals surface area contributed by atoms with Crippen molar-refractivity contribution in [2.45, 2.75) is 65.2 Å². The number of rotatable bonds is 13. The van der Waals surface area contributed by atoms with Crippen LogP contribution < -0.4 is 0 Å². The molecule has 0 saturated heterocycles. The molecule has 19 heavy (non-hydrogen) atoms. The summed E-state index contributed by atoms with van der Waals surface area (Å²) in [5.74, 6) is 0. The Bertz CT molecular complexity index is 269. The Labute approximate surface area is 139 Å². The van der Waals surface area contributed by atoms with Gasteiger partial charge in [-0.05, 0) is 13.3 Å². The molecular formula is C12H27NaO5S. The van der Waals surface area contributed by atoms with Crippen molar-refractivity contribution in [1.29, 1.82) is 0 Å². The molecule has 0 rings (SSSR count). The van der Waals surface area contributed by atoms with E-state index in [1.165, 1.54) is 32.1 Å². The van der Waals surface area contributed by atoms with Crippen LogP contribution in [0.4, 0.5) is 0 Å². The standard InChI is InChI=1S/C12H26O5S.Na.H/c1-3-5-6-7-8-9-10-11-12-16-18(13,14)17-15-4-2;;/h3-12H2,1-2H3;;. The summed E-state index contributed by atoms with van der Waals surface area (Å²) in [6.45, 7) is 4.15. The van der Waals surface area contributed by atoms with Gasteiger partial charge >= 0.3 is 40.0 Å². The summed E-state index contributed by atoms with van der Waals surface area (Å²) in [6, 6.07) is 0. The zero-order valence-electron chi connectivity index (χ0n) is 11.5. The van der Waals surface area contributed by atoms with Crippen molar-refractivity contribution in [2.75, 3.05) is 13.2 Å². The summed E-state index contributed by atoms with van der Waals surface area (Å²) in [6.07, 6.45) is 9.16. The Hall–Kier alpha value is 0.830. The second-order valence-electron chi connectivity index (χ2n) is 4.18. The van der Waals surface area contributed by atoms with Crippen LogP contribution in [0.1, 0.15) is 65.2 Å². The van der Waals surface area contributed by atoms with Crippen molar-refractivity contribution in [2.24, 2.45) is 0 Å². The van der Waals surface area contributed by atoms with Gasteiger partial charge in [0, 0.05) is 0 Å². The zero-order chi connectivity index (χ0) is 13.7. The van der Waals surface area contributed by atoms with Crippen LogP contribution in [0.25, 0.3) is 0 Å². The predicted molar refractivity (Wildman–Crippen MR) is 77.3 cm³/mol. The zero-order valence-corrected chi connectivity index (χ0v) is 12.3. The first-order chi connectivity index (χ1) is 8.62. The fourth-order valence-electron chi connectivity index (χ4n) is 1.52. The molecule has 112 valence electrons. The molecule has 0 amide bonds. The van der Waals surface area contributed by atoms with Crippen LogP contribution in [0, 0.1) is 0 Å². The molecule has 0 aromatic rings. The van der Waals surface area contributed by atoms with Crippen LogP contribution >= 0.6 is 0 Å². The molecular weight excluding hydrogens is 279 g/mol. The van der Waals surface area contributed by atoms with Crippen molar-refractivity contribution < 1.29 is 21.8 Å². The fourth-order valence-corrected chi connectivity index (χ4v) is 2.10. The molecule has 0 aliphatic rings. The van der Waals surface area contributed by atoms with E-state index >= 15 is 0 Å². The molecule has 0 aromatic heterocycles. The van der Waals surface area contributed by atoms with Gasteiger partial charge in [-0.15, -0.1) is 0 Å². The van der Waals surface area contributed by atoms with Gasteiger partial charge in [-0.3, -0.25) is 0 Å². The quantitative estimate of drug-likeness (QED) is 0.227. The van der Waals surface area contributed by atoms with Gasteiger partial charge in [0.15, 0.2) is 0 Å². The Morgan fingerprint density at radius 1 is 0.842 bits per heavy atom. The average molecular weight is 306 g/mol. The van der Waals surface area contributed by atoms with Crippen molar-refractivity contribution in [3.63, 3.8) is 0 Å². The number of hydrogen-bond donors (Lipinski definition) is 0. The van der Waals surface area contributed by atoms with E-state index in [9.17, 15) is 8.42 Å². The molecule has 0 aromatic carbocycles. The molecule has 0 aliphatic heterocycles. The summed E-state index contributed by atoms with van der Waals surface area (Å²) < 4.78 is 30.8. The van der Waals surface area contributed by atoms with E-state index in [1.807, 2.05) is 0 Å². The summed E-state index contributed by atoms with van der Waals surface area (Å²) >= 11 is 0. The first kappa shape index (κ1) is 22.1. The van der Waals surface area contributed by atoms with E-state index in [2.05, 4.69) is 20.3 Å². The van der Waals surface area contributed by atoms with Gasteiger partial charge < -0.3 is 0 Å². The van der Waals surface area contributed by atoms with Gasteiger partial charge in [0.05, 0.1) is 13.2 Å². The van der Waals surface area contributed by atoms with Crippen LogP contribution in [-0.2, 0) is 23.8 Å². The molecule has 0 fully saturated rings. The molecule has 0 unspecified atom stereocenters. The van der Waals surface area contributed by atoms with E-state index in [0.29, 0.717) is 0 Å². The van der Waals surface area contributed by atoms with Crippen LogP contribution in [0.3, 0.4) is 0 Å². The number of hydrogen-bond acceptors (Lipinski definition) is 5. The first-order valence-corrected chi connectivity index (χ1v) is 8.16. The van der Waals surface area contributed by atoms with E-state index in [4.69, 9.17) is 0 Å². The molecule has 0 bridgehead atoms. The third kappa shape index (κ3) is 16.8. The molecule has 0 radical (unpaired) electrons. The summed E-state index contributed by atoms with van der Waals surface area (Å²) in [5, 5.41) is 0. The van der Waals surface area contributed by atoms with Gasteiger partial charge in [-0.25, -0.2) is 9.07 Å². The first-order valence-electron chi connectivity index (χ1n) is 6.82. The maximum absolute atomic E-state index is 11.0. The molecule has 5 nitrogen and oxygen atoms in total. The Balaban J connectivity index is 0. The summed E-state index contributed by atoms with van der Waals surface area (Å²) in [5.41, 5.74) is 0. The molecule has 0 saturated carbocycles. The molecule has 7 heteroatoms. The van der Waals surface area contributed by atoms with Gasteiger partial charge in [0.1, 0.15) is 0 Å². The molecule has 0 heterocycles. The van der Waals surface area contributed by atoms with Gasteiger partial charge in [-0.1, -0.05) is 56.2 Å². The maximum atomic E-state index is 11.0. The Morgan fingerprint density at radius 2 is 1.37 bits per heavy atom. The van der Waals surface area contributed by atoms with E-state index in [1.54, 1.807) is 6.92 Å². The number of unbranched alkanes of at least 4 members (excludes halogenated alkanes) is 7. The van der Waals surface area contributed by atoms with Crippen molar-refractivity contribution in [3.05, 3.63) is 0 Å². The average Bonchev–Trinajstić information content (AvgIpc) is 2.34. The van der Waals surface area contributed by atoms with Gasteiger partial charge in [-0.2, -0.15) is 8.42 Å². The molecule has 0 spiro atoms. The van der Waals surface area contributed by atoms with E-state index in [0.717, 1.165) is 19.3 Å². The SMILES string of the molecule is CCCCCCCCCCOS(=O)(=O)OOCC.[NaH]. The van der Waals surface area contributed by atoms with Crippen LogP contribution in [-0.4, -0.2) is 51.2 Å². The second kappa shape index (κ2) is 15.2. The normalized spacial score (nSPS) is 11.3. The van der Waals surface area contributed by atoms with E-state index in [-0.39, 0.29) is 42.8 Å². The van der Waals surface area contributed by atoms with Crippen LogP contribution in [0.15, 0.2) is 0 Å². The topological polar surface area (TPSA) is 61.8 Å². The van der Waals surface area contributed by atoms with Crippen molar-refractivity contribution >= 4 is 40.0 Å². The Kier molecular flexibility index (Phi) is 17.7. The van der Waals surface area contributed by atoms with Crippen molar-refractivity contribution in [3.8, 4) is 0 Å². The van der Waals surface area contributed by atoms with Gasteiger partial charge in [0.25, 0.3) is 0 Å².